The lowest BCUT2D eigenvalue weighted by atomic mass is 9.97. The number of benzene rings is 1. The average molecular weight is 178 g/mol. The monoisotopic (exact) mass is 178 g/mol. The highest BCUT2D eigenvalue weighted by Crippen LogP contribution is 2.31. The molecule has 2 atom stereocenters. The summed E-state index contributed by atoms with van der Waals surface area (Å²) in [5, 5.41) is 0. The van der Waals surface area contributed by atoms with Crippen molar-refractivity contribution in [1.29, 1.82) is 0 Å². The van der Waals surface area contributed by atoms with E-state index in [9.17, 15) is 0 Å². The minimum Gasteiger partial charge on any atom is -0.355 e. The molecule has 2 heteroatoms. The second kappa shape index (κ2) is 3.90. The summed E-state index contributed by atoms with van der Waals surface area (Å²) in [4.78, 5) is 0. The standard InChI is InChI=1S/C11H14O2/c1-12-11-10(7-8-13-11)9-5-3-2-4-6-9/h2-6,10-11H,7-8H2,1H3. The van der Waals surface area contributed by atoms with Gasteiger partial charge in [-0.2, -0.15) is 0 Å². The van der Waals surface area contributed by atoms with Crippen LogP contribution in [0.3, 0.4) is 0 Å². The van der Waals surface area contributed by atoms with Gasteiger partial charge in [-0.25, -0.2) is 0 Å². The molecule has 1 heterocycles. The Morgan fingerprint density at radius 2 is 2.08 bits per heavy atom. The predicted octanol–water partition coefficient (Wildman–Crippen LogP) is 2.16. The number of ether oxygens (including phenoxy) is 2. The van der Waals surface area contributed by atoms with Crippen LogP contribution < -0.4 is 0 Å². The third-order valence-electron chi connectivity index (χ3n) is 2.50. The molecule has 13 heavy (non-hydrogen) atoms. The van der Waals surface area contributed by atoms with E-state index in [4.69, 9.17) is 9.47 Å². The quantitative estimate of drug-likeness (QED) is 0.691. The van der Waals surface area contributed by atoms with Gasteiger partial charge in [-0.05, 0) is 12.0 Å². The highest BCUT2D eigenvalue weighted by Gasteiger charge is 2.28. The SMILES string of the molecule is COC1OCCC1c1ccccc1. The normalized spacial score (nSPS) is 27.8. The summed E-state index contributed by atoms with van der Waals surface area (Å²) >= 11 is 0. The van der Waals surface area contributed by atoms with Gasteiger partial charge in [0.05, 0.1) is 6.61 Å². The summed E-state index contributed by atoms with van der Waals surface area (Å²) in [6, 6.07) is 10.4. The lowest BCUT2D eigenvalue weighted by Crippen LogP contribution is -2.16. The topological polar surface area (TPSA) is 18.5 Å². The van der Waals surface area contributed by atoms with Crippen LogP contribution in [0.5, 0.6) is 0 Å². The largest absolute Gasteiger partial charge is 0.355 e. The van der Waals surface area contributed by atoms with Gasteiger partial charge < -0.3 is 9.47 Å². The van der Waals surface area contributed by atoms with Crippen molar-refractivity contribution in [3.8, 4) is 0 Å². The Bertz CT molecular complexity index is 258. The van der Waals surface area contributed by atoms with Crippen LogP contribution in [0.2, 0.25) is 0 Å². The molecular formula is C11H14O2. The van der Waals surface area contributed by atoms with Crippen LogP contribution in [0.1, 0.15) is 17.9 Å². The number of hydrogen-bond acceptors (Lipinski definition) is 2. The first-order valence-corrected chi connectivity index (χ1v) is 4.61. The molecule has 2 unspecified atom stereocenters. The Kier molecular flexibility index (Phi) is 2.62. The molecule has 1 saturated heterocycles. The minimum absolute atomic E-state index is 0.0533. The molecule has 1 aliphatic heterocycles. The van der Waals surface area contributed by atoms with Gasteiger partial charge in [-0.1, -0.05) is 30.3 Å². The van der Waals surface area contributed by atoms with Crippen molar-refractivity contribution in [2.75, 3.05) is 13.7 Å². The van der Waals surface area contributed by atoms with Crippen LogP contribution in [0.4, 0.5) is 0 Å². The average Bonchev–Trinajstić information content (AvgIpc) is 2.67. The molecule has 70 valence electrons. The summed E-state index contributed by atoms with van der Waals surface area (Å²) in [7, 11) is 1.70. The van der Waals surface area contributed by atoms with E-state index >= 15 is 0 Å². The Morgan fingerprint density at radius 3 is 2.77 bits per heavy atom. The first kappa shape index (κ1) is 8.73. The van der Waals surface area contributed by atoms with E-state index in [0.717, 1.165) is 13.0 Å². The van der Waals surface area contributed by atoms with E-state index < -0.39 is 0 Å². The van der Waals surface area contributed by atoms with Crippen molar-refractivity contribution in [1.82, 2.24) is 0 Å². The minimum atomic E-state index is -0.0533. The van der Waals surface area contributed by atoms with Gasteiger partial charge in [0.15, 0.2) is 6.29 Å². The van der Waals surface area contributed by atoms with Crippen molar-refractivity contribution in [3.63, 3.8) is 0 Å². The van der Waals surface area contributed by atoms with Gasteiger partial charge >= 0.3 is 0 Å². The number of rotatable bonds is 2. The van der Waals surface area contributed by atoms with Crippen molar-refractivity contribution in [3.05, 3.63) is 35.9 Å². The van der Waals surface area contributed by atoms with E-state index in [1.165, 1.54) is 5.56 Å². The Hall–Kier alpha value is -0.860. The zero-order valence-corrected chi connectivity index (χ0v) is 7.77. The second-order valence-corrected chi connectivity index (χ2v) is 3.28. The fourth-order valence-electron chi connectivity index (χ4n) is 1.82. The fourth-order valence-corrected chi connectivity index (χ4v) is 1.82. The van der Waals surface area contributed by atoms with Gasteiger partial charge in [0.1, 0.15) is 0 Å². The van der Waals surface area contributed by atoms with E-state index in [1.54, 1.807) is 7.11 Å². The Morgan fingerprint density at radius 1 is 1.31 bits per heavy atom. The first-order chi connectivity index (χ1) is 6.42. The van der Waals surface area contributed by atoms with E-state index in [1.807, 2.05) is 6.07 Å². The van der Waals surface area contributed by atoms with E-state index in [-0.39, 0.29) is 6.29 Å². The summed E-state index contributed by atoms with van der Waals surface area (Å²) in [6.07, 6.45) is 1.00. The molecule has 0 aromatic heterocycles. The fraction of sp³-hybridized carbons (Fsp3) is 0.455. The van der Waals surface area contributed by atoms with Crippen LogP contribution in [-0.4, -0.2) is 20.0 Å². The van der Waals surface area contributed by atoms with Gasteiger partial charge in [-0.3, -0.25) is 0 Å². The second-order valence-electron chi connectivity index (χ2n) is 3.28. The van der Waals surface area contributed by atoms with Crippen LogP contribution in [0, 0.1) is 0 Å². The first-order valence-electron chi connectivity index (χ1n) is 4.61. The zero-order valence-electron chi connectivity index (χ0n) is 7.77. The molecule has 0 amide bonds. The predicted molar refractivity (Wildman–Crippen MR) is 50.5 cm³/mol. The molecular weight excluding hydrogens is 164 g/mol. The smallest absolute Gasteiger partial charge is 0.164 e. The molecule has 0 bridgehead atoms. The third kappa shape index (κ3) is 1.74. The van der Waals surface area contributed by atoms with Crippen LogP contribution in [-0.2, 0) is 9.47 Å². The maximum atomic E-state index is 5.45. The molecule has 0 saturated carbocycles. The lowest BCUT2D eigenvalue weighted by Gasteiger charge is -2.16. The van der Waals surface area contributed by atoms with E-state index in [2.05, 4.69) is 24.3 Å². The highest BCUT2D eigenvalue weighted by atomic mass is 16.7. The molecule has 0 N–H and O–H groups in total. The molecule has 1 aromatic carbocycles. The zero-order chi connectivity index (χ0) is 9.10. The molecule has 1 fully saturated rings. The van der Waals surface area contributed by atoms with Crippen molar-refractivity contribution < 1.29 is 9.47 Å². The summed E-state index contributed by atoms with van der Waals surface area (Å²) in [5.41, 5.74) is 1.31. The van der Waals surface area contributed by atoms with Gasteiger partial charge in [0.25, 0.3) is 0 Å². The van der Waals surface area contributed by atoms with Crippen molar-refractivity contribution >= 4 is 0 Å². The molecule has 0 spiro atoms. The van der Waals surface area contributed by atoms with Crippen molar-refractivity contribution in [2.45, 2.75) is 18.6 Å². The van der Waals surface area contributed by atoms with Crippen LogP contribution in [0.25, 0.3) is 0 Å². The van der Waals surface area contributed by atoms with Gasteiger partial charge in [0.2, 0.25) is 0 Å². The van der Waals surface area contributed by atoms with Crippen LogP contribution in [0.15, 0.2) is 30.3 Å². The summed E-state index contributed by atoms with van der Waals surface area (Å²) in [5.74, 6) is 0.409. The Balaban J connectivity index is 2.16. The Labute approximate surface area is 78.5 Å². The van der Waals surface area contributed by atoms with Crippen LogP contribution >= 0.6 is 0 Å². The summed E-state index contributed by atoms with van der Waals surface area (Å²) < 4.78 is 10.7. The molecule has 1 aliphatic rings. The van der Waals surface area contributed by atoms with Crippen molar-refractivity contribution in [2.24, 2.45) is 0 Å². The molecule has 0 aliphatic carbocycles. The maximum absolute atomic E-state index is 5.45. The molecule has 0 radical (unpaired) electrons. The molecule has 2 rings (SSSR count). The number of hydrogen-bond donors (Lipinski definition) is 0. The lowest BCUT2D eigenvalue weighted by molar-refractivity contribution is -0.0963. The van der Waals surface area contributed by atoms with E-state index in [0.29, 0.717) is 5.92 Å². The third-order valence-corrected chi connectivity index (χ3v) is 2.50. The maximum Gasteiger partial charge on any atom is 0.164 e. The van der Waals surface area contributed by atoms with Gasteiger partial charge in [-0.15, -0.1) is 0 Å². The molecule has 2 nitrogen and oxygen atoms in total. The van der Waals surface area contributed by atoms with Gasteiger partial charge in [0, 0.05) is 13.0 Å². The summed E-state index contributed by atoms with van der Waals surface area (Å²) in [6.45, 7) is 0.804. The highest BCUT2D eigenvalue weighted by molar-refractivity contribution is 5.20. The molecule has 1 aromatic rings. The number of methoxy groups -OCH3 is 1.